The molecule has 2 aromatic rings. The first kappa shape index (κ1) is 17.3. The number of nitrogens with zero attached hydrogens (tertiary/aromatic N) is 2. The number of amides is 2. The summed E-state index contributed by atoms with van der Waals surface area (Å²) in [5.41, 5.74) is 5.65. The lowest BCUT2D eigenvalue weighted by Gasteiger charge is -2.28. The van der Waals surface area contributed by atoms with Crippen molar-refractivity contribution in [1.29, 1.82) is 0 Å². The summed E-state index contributed by atoms with van der Waals surface area (Å²) in [6.07, 6.45) is 0. The maximum Gasteiger partial charge on any atom is 0.350 e. The predicted molar refractivity (Wildman–Crippen MR) is 96.8 cm³/mol. The van der Waals surface area contributed by atoms with E-state index >= 15 is 0 Å². The number of aryl methyl sites for hydroxylation is 1. The second-order valence-corrected chi connectivity index (χ2v) is 6.06. The molecular formula is C16H20BrN5O. The molecule has 0 unspecified atom stereocenters. The van der Waals surface area contributed by atoms with E-state index in [9.17, 15) is 4.79 Å². The largest absolute Gasteiger partial charge is 0.368 e. The van der Waals surface area contributed by atoms with Crippen molar-refractivity contribution < 1.29 is 4.79 Å². The Kier molecular flexibility index (Phi) is 5.59. The van der Waals surface area contributed by atoms with E-state index in [4.69, 9.17) is 11.7 Å². The molecule has 0 aliphatic rings. The van der Waals surface area contributed by atoms with E-state index in [0.29, 0.717) is 12.2 Å². The standard InChI is InChI=1S/C16H20BrN5O/c1-11-6-5-9-14(22(19)16(23)20-18)15(11)21(2)10-12-7-3-4-8-13(12)17/h3-9H,10,18-19H2,1-2H3,(H,20,23). The Hall–Kier alpha value is -2.09. The van der Waals surface area contributed by atoms with Gasteiger partial charge in [0, 0.05) is 18.1 Å². The van der Waals surface area contributed by atoms with Gasteiger partial charge in [-0.05, 0) is 30.2 Å². The minimum Gasteiger partial charge on any atom is -0.368 e. The number of carbonyl (C=O) groups excluding carboxylic acids is 1. The molecule has 0 aromatic heterocycles. The molecule has 0 spiro atoms. The molecule has 6 nitrogen and oxygen atoms in total. The molecule has 0 bridgehead atoms. The van der Waals surface area contributed by atoms with Crippen molar-refractivity contribution in [2.24, 2.45) is 11.7 Å². The number of rotatable bonds is 4. The van der Waals surface area contributed by atoms with Crippen LogP contribution in [0.1, 0.15) is 11.1 Å². The fraction of sp³-hybridized carbons (Fsp3) is 0.188. The third kappa shape index (κ3) is 3.82. The second-order valence-electron chi connectivity index (χ2n) is 5.21. The Morgan fingerprint density at radius 2 is 1.91 bits per heavy atom. The summed E-state index contributed by atoms with van der Waals surface area (Å²) in [4.78, 5) is 13.8. The van der Waals surface area contributed by atoms with Crippen LogP contribution in [-0.4, -0.2) is 13.1 Å². The van der Waals surface area contributed by atoms with Crippen molar-refractivity contribution in [3.8, 4) is 0 Å². The summed E-state index contributed by atoms with van der Waals surface area (Å²) in [6, 6.07) is 13.0. The lowest BCUT2D eigenvalue weighted by atomic mass is 10.1. The highest BCUT2D eigenvalue weighted by Crippen LogP contribution is 2.32. The van der Waals surface area contributed by atoms with Gasteiger partial charge >= 0.3 is 6.03 Å². The van der Waals surface area contributed by atoms with Crippen LogP contribution in [0.4, 0.5) is 16.2 Å². The number of nitrogens with two attached hydrogens (primary N) is 2. The average Bonchev–Trinajstić information content (AvgIpc) is 2.55. The Morgan fingerprint density at radius 1 is 1.22 bits per heavy atom. The van der Waals surface area contributed by atoms with E-state index in [1.54, 1.807) is 6.07 Å². The highest BCUT2D eigenvalue weighted by molar-refractivity contribution is 9.10. The van der Waals surface area contributed by atoms with Crippen LogP contribution >= 0.6 is 15.9 Å². The maximum absolute atomic E-state index is 11.7. The molecule has 2 rings (SSSR count). The van der Waals surface area contributed by atoms with E-state index in [0.717, 1.165) is 26.3 Å². The molecule has 0 fully saturated rings. The zero-order valence-corrected chi connectivity index (χ0v) is 14.7. The summed E-state index contributed by atoms with van der Waals surface area (Å²) in [6.45, 7) is 2.64. The molecule has 122 valence electrons. The quantitative estimate of drug-likeness (QED) is 0.434. The number of halogens is 1. The Labute approximate surface area is 144 Å². The molecule has 2 amide bonds. The molecule has 23 heavy (non-hydrogen) atoms. The van der Waals surface area contributed by atoms with Gasteiger partial charge in [0.05, 0.1) is 11.4 Å². The fourth-order valence-corrected chi connectivity index (χ4v) is 2.88. The zero-order chi connectivity index (χ0) is 17.0. The van der Waals surface area contributed by atoms with E-state index in [-0.39, 0.29) is 0 Å². The van der Waals surface area contributed by atoms with Gasteiger partial charge in [0.2, 0.25) is 0 Å². The number of hydrogen-bond acceptors (Lipinski definition) is 4. The van der Waals surface area contributed by atoms with Crippen LogP contribution in [0.15, 0.2) is 46.9 Å². The third-order valence-corrected chi connectivity index (χ3v) is 4.34. The van der Waals surface area contributed by atoms with Gasteiger partial charge in [-0.25, -0.2) is 21.5 Å². The molecule has 0 saturated heterocycles. The Balaban J connectivity index is 2.38. The summed E-state index contributed by atoms with van der Waals surface area (Å²) in [7, 11) is 1.96. The maximum atomic E-state index is 11.7. The zero-order valence-electron chi connectivity index (χ0n) is 13.1. The number of urea groups is 1. The van der Waals surface area contributed by atoms with Gasteiger partial charge < -0.3 is 4.90 Å². The first-order valence-electron chi connectivity index (χ1n) is 7.05. The minimum atomic E-state index is -0.578. The molecular weight excluding hydrogens is 358 g/mol. The summed E-state index contributed by atoms with van der Waals surface area (Å²) in [5.74, 6) is 11.1. The molecule has 0 aliphatic carbocycles. The lowest BCUT2D eigenvalue weighted by molar-refractivity contribution is 0.246. The molecule has 2 aromatic carbocycles. The van der Waals surface area contributed by atoms with Crippen LogP contribution in [0.2, 0.25) is 0 Å². The van der Waals surface area contributed by atoms with Crippen molar-refractivity contribution in [2.45, 2.75) is 13.5 Å². The first-order valence-corrected chi connectivity index (χ1v) is 7.84. The lowest BCUT2D eigenvalue weighted by Crippen LogP contribution is -2.48. The van der Waals surface area contributed by atoms with Crippen LogP contribution in [0.25, 0.3) is 0 Å². The van der Waals surface area contributed by atoms with Crippen molar-refractivity contribution in [3.63, 3.8) is 0 Å². The molecule has 5 N–H and O–H groups in total. The number of nitrogens with one attached hydrogen (secondary N) is 1. The topological polar surface area (TPSA) is 87.6 Å². The monoisotopic (exact) mass is 377 g/mol. The smallest absolute Gasteiger partial charge is 0.350 e. The number of hydrogen-bond donors (Lipinski definition) is 3. The average molecular weight is 378 g/mol. The molecule has 0 aliphatic heterocycles. The number of benzene rings is 2. The van der Waals surface area contributed by atoms with Gasteiger partial charge in [-0.3, -0.25) is 5.43 Å². The number of para-hydroxylation sites is 1. The van der Waals surface area contributed by atoms with Crippen LogP contribution < -0.4 is 27.0 Å². The fourth-order valence-electron chi connectivity index (χ4n) is 2.47. The van der Waals surface area contributed by atoms with E-state index in [2.05, 4.69) is 20.8 Å². The number of carbonyl (C=O) groups is 1. The van der Waals surface area contributed by atoms with Crippen LogP contribution in [-0.2, 0) is 6.54 Å². The van der Waals surface area contributed by atoms with Crippen molar-refractivity contribution in [1.82, 2.24) is 5.43 Å². The van der Waals surface area contributed by atoms with Crippen molar-refractivity contribution in [2.75, 3.05) is 17.0 Å². The molecule has 0 atom stereocenters. The second kappa shape index (κ2) is 7.45. The number of anilines is 2. The molecule has 0 heterocycles. The van der Waals surface area contributed by atoms with Crippen molar-refractivity contribution >= 4 is 33.3 Å². The summed E-state index contributed by atoms with van der Waals surface area (Å²) >= 11 is 3.56. The first-order chi connectivity index (χ1) is 11.0. The van der Waals surface area contributed by atoms with E-state index in [1.807, 2.05) is 55.8 Å². The van der Waals surface area contributed by atoms with Gasteiger partial charge in [0.15, 0.2) is 0 Å². The van der Waals surface area contributed by atoms with Crippen LogP contribution in [0, 0.1) is 6.92 Å². The van der Waals surface area contributed by atoms with E-state index in [1.165, 1.54) is 0 Å². The van der Waals surface area contributed by atoms with Crippen molar-refractivity contribution in [3.05, 3.63) is 58.1 Å². The molecule has 7 heteroatoms. The van der Waals surface area contributed by atoms with Gasteiger partial charge in [-0.1, -0.05) is 46.3 Å². The normalized spacial score (nSPS) is 10.3. The summed E-state index contributed by atoms with van der Waals surface area (Å²) < 4.78 is 1.03. The van der Waals surface area contributed by atoms with E-state index < -0.39 is 6.03 Å². The van der Waals surface area contributed by atoms with Crippen LogP contribution in [0.5, 0.6) is 0 Å². The van der Waals surface area contributed by atoms with Gasteiger partial charge in [0.25, 0.3) is 0 Å². The van der Waals surface area contributed by atoms with Gasteiger partial charge in [-0.2, -0.15) is 0 Å². The molecule has 0 radical (unpaired) electrons. The number of hydrazine groups is 2. The molecule has 0 saturated carbocycles. The highest BCUT2D eigenvalue weighted by Gasteiger charge is 2.19. The SMILES string of the molecule is Cc1cccc(N(N)C(=O)NN)c1N(C)Cc1ccccc1Br. The van der Waals surface area contributed by atoms with Crippen LogP contribution in [0.3, 0.4) is 0 Å². The Morgan fingerprint density at radius 3 is 2.57 bits per heavy atom. The minimum absolute atomic E-state index is 0.578. The third-order valence-electron chi connectivity index (χ3n) is 3.57. The van der Waals surface area contributed by atoms with Gasteiger partial charge in [-0.15, -0.1) is 0 Å². The summed E-state index contributed by atoms with van der Waals surface area (Å²) in [5, 5.41) is 1.01. The van der Waals surface area contributed by atoms with Gasteiger partial charge in [0.1, 0.15) is 0 Å². The Bertz CT molecular complexity index is 707. The highest BCUT2D eigenvalue weighted by atomic mass is 79.9. The predicted octanol–water partition coefficient (Wildman–Crippen LogP) is 2.66.